The number of carbonyl (C=O) groups is 1. The highest BCUT2D eigenvalue weighted by Crippen LogP contribution is 2.22. The molecule has 0 unspecified atom stereocenters. The van der Waals surface area contributed by atoms with Crippen LogP contribution < -0.4 is 11.0 Å². The Hall–Kier alpha value is -2.54. The first kappa shape index (κ1) is 17.3. The van der Waals surface area contributed by atoms with Crippen LogP contribution in [0.5, 0.6) is 0 Å². The Morgan fingerprint density at radius 3 is 2.80 bits per heavy atom. The Kier molecular flexibility index (Phi) is 5.23. The molecule has 130 valence electrons. The van der Waals surface area contributed by atoms with Crippen molar-refractivity contribution < 1.29 is 4.79 Å². The van der Waals surface area contributed by atoms with Crippen LogP contribution in [0.2, 0.25) is 0 Å². The van der Waals surface area contributed by atoms with Crippen LogP contribution in [-0.4, -0.2) is 27.0 Å². The molecule has 0 fully saturated rings. The van der Waals surface area contributed by atoms with E-state index in [4.69, 9.17) is 0 Å². The monoisotopic (exact) mass is 356 g/mol. The number of nitrogens with zero attached hydrogens (tertiary/aromatic N) is 3. The average molecular weight is 356 g/mol. The number of thiazole rings is 1. The number of amides is 1. The molecule has 2 aromatic heterocycles. The molecule has 25 heavy (non-hydrogen) atoms. The van der Waals surface area contributed by atoms with Crippen molar-refractivity contribution in [2.45, 2.75) is 33.2 Å². The van der Waals surface area contributed by atoms with Gasteiger partial charge in [-0.25, -0.2) is 9.78 Å². The third-order valence-electron chi connectivity index (χ3n) is 3.88. The van der Waals surface area contributed by atoms with E-state index in [0.29, 0.717) is 12.2 Å². The van der Waals surface area contributed by atoms with Gasteiger partial charge in [0.2, 0.25) is 5.91 Å². The number of benzene rings is 1. The molecule has 0 bridgehead atoms. The van der Waals surface area contributed by atoms with E-state index < -0.39 is 0 Å². The molecule has 1 aromatic carbocycles. The summed E-state index contributed by atoms with van der Waals surface area (Å²) < 4.78 is 2.57. The number of aryl methyl sites for hydroxylation is 3. The minimum atomic E-state index is -0.387. The highest BCUT2D eigenvalue weighted by molar-refractivity contribution is 7.18. The standard InChI is InChI=1S/C18H20N4O2S/c1-12-10-13(2)22(18(24)20-12)11-16(23)19-9-5-8-17-21-14-6-3-4-7-15(14)25-17/h3-4,6-7,10H,5,8-9,11H2,1-2H3,(H,19,23). The van der Waals surface area contributed by atoms with Crippen molar-refractivity contribution in [2.75, 3.05) is 6.54 Å². The molecule has 0 saturated carbocycles. The van der Waals surface area contributed by atoms with E-state index in [0.717, 1.165) is 29.1 Å². The summed E-state index contributed by atoms with van der Waals surface area (Å²) in [5.41, 5.74) is 2.03. The Balaban J connectivity index is 1.49. The molecule has 6 nitrogen and oxygen atoms in total. The number of carbonyl (C=O) groups excluding carboxylic acids is 1. The summed E-state index contributed by atoms with van der Waals surface area (Å²) in [6.07, 6.45) is 1.64. The lowest BCUT2D eigenvalue weighted by Crippen LogP contribution is -2.35. The number of fused-ring (bicyclic) bond motifs is 1. The fourth-order valence-electron chi connectivity index (χ4n) is 2.66. The van der Waals surface area contributed by atoms with Gasteiger partial charge in [-0.3, -0.25) is 9.36 Å². The zero-order chi connectivity index (χ0) is 17.8. The molecule has 0 aliphatic rings. The van der Waals surface area contributed by atoms with Crippen LogP contribution >= 0.6 is 11.3 Å². The fraction of sp³-hybridized carbons (Fsp3) is 0.333. The molecule has 1 N–H and O–H groups in total. The van der Waals surface area contributed by atoms with Gasteiger partial charge in [-0.15, -0.1) is 11.3 Å². The molecule has 0 atom stereocenters. The maximum Gasteiger partial charge on any atom is 0.348 e. The normalized spacial score (nSPS) is 11.0. The predicted molar refractivity (Wildman–Crippen MR) is 98.9 cm³/mol. The molecular weight excluding hydrogens is 336 g/mol. The van der Waals surface area contributed by atoms with Crippen LogP contribution in [0.3, 0.4) is 0 Å². The van der Waals surface area contributed by atoms with E-state index in [1.165, 1.54) is 9.27 Å². The lowest BCUT2D eigenvalue weighted by atomic mass is 10.3. The van der Waals surface area contributed by atoms with Crippen LogP contribution in [0.15, 0.2) is 35.1 Å². The van der Waals surface area contributed by atoms with Gasteiger partial charge in [0.1, 0.15) is 6.54 Å². The van der Waals surface area contributed by atoms with Gasteiger partial charge in [0.25, 0.3) is 0 Å². The number of hydrogen-bond acceptors (Lipinski definition) is 5. The van der Waals surface area contributed by atoms with Gasteiger partial charge in [-0.2, -0.15) is 4.98 Å². The average Bonchev–Trinajstić information content (AvgIpc) is 2.97. The largest absolute Gasteiger partial charge is 0.355 e. The van der Waals surface area contributed by atoms with Crippen LogP contribution in [0.1, 0.15) is 22.8 Å². The topological polar surface area (TPSA) is 76.9 Å². The number of nitrogens with one attached hydrogen (secondary N) is 1. The first-order valence-electron chi connectivity index (χ1n) is 8.19. The highest BCUT2D eigenvalue weighted by atomic mass is 32.1. The van der Waals surface area contributed by atoms with Gasteiger partial charge in [-0.1, -0.05) is 12.1 Å². The Labute approximate surface area is 149 Å². The molecule has 0 aliphatic carbocycles. The van der Waals surface area contributed by atoms with Crippen molar-refractivity contribution >= 4 is 27.5 Å². The van der Waals surface area contributed by atoms with Crippen molar-refractivity contribution in [1.82, 2.24) is 19.9 Å². The van der Waals surface area contributed by atoms with Crippen LogP contribution in [0.4, 0.5) is 0 Å². The van der Waals surface area contributed by atoms with Crippen LogP contribution in [0.25, 0.3) is 10.2 Å². The Morgan fingerprint density at radius 1 is 1.24 bits per heavy atom. The van der Waals surface area contributed by atoms with Crippen LogP contribution in [-0.2, 0) is 17.8 Å². The Morgan fingerprint density at radius 2 is 2.04 bits per heavy atom. The van der Waals surface area contributed by atoms with E-state index in [-0.39, 0.29) is 18.1 Å². The van der Waals surface area contributed by atoms with E-state index in [2.05, 4.69) is 21.4 Å². The van der Waals surface area contributed by atoms with Gasteiger partial charge in [0.15, 0.2) is 0 Å². The zero-order valence-electron chi connectivity index (χ0n) is 14.3. The fourth-order valence-corrected chi connectivity index (χ4v) is 3.67. The molecule has 1 amide bonds. The summed E-state index contributed by atoms with van der Waals surface area (Å²) in [5.74, 6) is -0.180. The second kappa shape index (κ2) is 7.57. The van der Waals surface area contributed by atoms with E-state index in [9.17, 15) is 9.59 Å². The summed E-state index contributed by atoms with van der Waals surface area (Å²) in [4.78, 5) is 32.3. The molecule has 3 rings (SSSR count). The lowest BCUT2D eigenvalue weighted by molar-refractivity contribution is -0.121. The minimum Gasteiger partial charge on any atom is -0.355 e. The maximum atomic E-state index is 12.0. The minimum absolute atomic E-state index is 0.000908. The van der Waals surface area contributed by atoms with Gasteiger partial charge in [0.05, 0.1) is 15.2 Å². The third kappa shape index (κ3) is 4.30. The van der Waals surface area contributed by atoms with Crippen molar-refractivity contribution in [3.8, 4) is 0 Å². The zero-order valence-corrected chi connectivity index (χ0v) is 15.1. The summed E-state index contributed by atoms with van der Waals surface area (Å²) in [7, 11) is 0. The van der Waals surface area contributed by atoms with Crippen molar-refractivity contribution in [1.29, 1.82) is 0 Å². The van der Waals surface area contributed by atoms with E-state index in [1.54, 1.807) is 31.3 Å². The maximum absolute atomic E-state index is 12.0. The van der Waals surface area contributed by atoms with Crippen molar-refractivity contribution in [3.63, 3.8) is 0 Å². The smallest absolute Gasteiger partial charge is 0.348 e. The first-order chi connectivity index (χ1) is 12.0. The molecule has 3 aromatic rings. The molecule has 2 heterocycles. The predicted octanol–water partition coefficient (Wildman–Crippen LogP) is 2.22. The van der Waals surface area contributed by atoms with Crippen molar-refractivity contribution in [3.05, 3.63) is 57.2 Å². The van der Waals surface area contributed by atoms with Crippen LogP contribution in [0, 0.1) is 13.8 Å². The second-order valence-corrected chi connectivity index (χ2v) is 7.05. The third-order valence-corrected chi connectivity index (χ3v) is 4.97. The van der Waals surface area contributed by atoms with Gasteiger partial charge in [0, 0.05) is 24.4 Å². The highest BCUT2D eigenvalue weighted by Gasteiger charge is 2.08. The quantitative estimate of drug-likeness (QED) is 0.687. The number of aromatic nitrogens is 3. The summed E-state index contributed by atoms with van der Waals surface area (Å²) in [6, 6.07) is 9.85. The van der Waals surface area contributed by atoms with Crippen molar-refractivity contribution in [2.24, 2.45) is 0 Å². The van der Waals surface area contributed by atoms with Gasteiger partial charge in [-0.05, 0) is 38.5 Å². The number of rotatable bonds is 6. The molecule has 0 aliphatic heterocycles. The lowest BCUT2D eigenvalue weighted by Gasteiger charge is -2.10. The molecule has 7 heteroatoms. The molecule has 0 saturated heterocycles. The van der Waals surface area contributed by atoms with E-state index >= 15 is 0 Å². The Bertz CT molecular complexity index is 928. The summed E-state index contributed by atoms with van der Waals surface area (Å²) in [5, 5.41) is 3.93. The second-order valence-electron chi connectivity index (χ2n) is 5.94. The van der Waals surface area contributed by atoms with E-state index in [1.807, 2.05) is 18.2 Å². The van der Waals surface area contributed by atoms with Gasteiger partial charge >= 0.3 is 5.69 Å². The number of hydrogen-bond donors (Lipinski definition) is 1. The molecular formula is C18H20N4O2S. The summed E-state index contributed by atoms with van der Waals surface area (Å²) >= 11 is 1.69. The van der Waals surface area contributed by atoms with Gasteiger partial charge < -0.3 is 5.32 Å². The first-order valence-corrected chi connectivity index (χ1v) is 9.01. The number of para-hydroxylation sites is 1. The molecule has 0 spiro atoms. The summed E-state index contributed by atoms with van der Waals surface area (Å²) in [6.45, 7) is 4.12. The SMILES string of the molecule is Cc1cc(C)n(CC(=O)NCCCc2nc3ccccc3s2)c(=O)n1. The molecule has 0 radical (unpaired) electrons.